The maximum atomic E-state index is 13.5. The summed E-state index contributed by atoms with van der Waals surface area (Å²) in [6.45, 7) is 4.16. The number of nitrogens with zero attached hydrogens (tertiary/aromatic N) is 1. The average molecular weight is 624 g/mol. The van der Waals surface area contributed by atoms with E-state index in [2.05, 4.69) is 60.4 Å². The van der Waals surface area contributed by atoms with Gasteiger partial charge in [0.15, 0.2) is 9.84 Å². The number of anilines is 1. The van der Waals surface area contributed by atoms with Crippen LogP contribution in [-0.4, -0.2) is 27.3 Å². The topological polar surface area (TPSA) is 59.8 Å². The molecule has 7 rings (SSSR count). The molecule has 1 unspecified atom stereocenters. The zero-order chi connectivity index (χ0) is 30.8. The molecule has 0 bridgehead atoms. The van der Waals surface area contributed by atoms with Crippen molar-refractivity contribution >= 4 is 15.5 Å². The lowest BCUT2D eigenvalue weighted by atomic mass is 9.70. The Morgan fingerprint density at radius 2 is 1.60 bits per heavy atom. The second kappa shape index (κ2) is 13.2. The van der Waals surface area contributed by atoms with Crippen LogP contribution in [0.5, 0.6) is 0 Å². The molecule has 0 radical (unpaired) electrons. The van der Waals surface area contributed by atoms with Crippen LogP contribution in [0.15, 0.2) is 94.2 Å². The highest BCUT2D eigenvalue weighted by Crippen LogP contribution is 2.59. The quantitative estimate of drug-likeness (QED) is 0.156. The minimum atomic E-state index is -3.42. The lowest BCUT2D eigenvalue weighted by Crippen LogP contribution is -2.36. The standard InChI is InChI=1S/C39H45NO4S/c1-28-26-33-35(22-13-24-43-27-29-14-5-2-6-15-29)44-39(30-16-7-3-8-17-30)37(33)38-36(28)32-20-11-12-21-34(32)40(38)23-25-45(41,42)31-18-9-4-10-19-31/h2,4-6,9-12,14-15,18-21,28,30,36,38H,3,7-8,13,16-17,22-27H2,1H3/t28?,36-,38+/m1/s1. The summed E-state index contributed by atoms with van der Waals surface area (Å²) in [5, 5.41) is 0. The van der Waals surface area contributed by atoms with Crippen molar-refractivity contribution in [3.8, 4) is 0 Å². The van der Waals surface area contributed by atoms with Crippen molar-refractivity contribution in [2.75, 3.05) is 23.8 Å². The molecule has 4 aromatic rings. The van der Waals surface area contributed by atoms with Gasteiger partial charge in [0.05, 0.1) is 23.3 Å². The molecular weight excluding hydrogens is 578 g/mol. The summed E-state index contributed by atoms with van der Waals surface area (Å²) < 4.78 is 40.0. The largest absolute Gasteiger partial charge is 0.465 e. The predicted octanol–water partition coefficient (Wildman–Crippen LogP) is 8.79. The fraction of sp³-hybridized carbons (Fsp3) is 0.436. The van der Waals surface area contributed by atoms with E-state index in [4.69, 9.17) is 9.15 Å². The first kappa shape index (κ1) is 30.3. The summed E-state index contributed by atoms with van der Waals surface area (Å²) in [5.74, 6) is 3.57. The summed E-state index contributed by atoms with van der Waals surface area (Å²) in [4.78, 5) is 2.82. The Morgan fingerprint density at radius 1 is 0.889 bits per heavy atom. The van der Waals surface area contributed by atoms with Crippen LogP contribution >= 0.6 is 0 Å². The molecule has 0 amide bonds. The van der Waals surface area contributed by atoms with Crippen molar-refractivity contribution in [3.05, 3.63) is 119 Å². The lowest BCUT2D eigenvalue weighted by Gasteiger charge is -2.38. The molecule has 5 nitrogen and oxygen atoms in total. The molecule has 2 aliphatic carbocycles. The van der Waals surface area contributed by atoms with Crippen LogP contribution in [0.25, 0.3) is 0 Å². The van der Waals surface area contributed by atoms with E-state index in [1.54, 1.807) is 24.3 Å². The molecule has 1 fully saturated rings. The van der Waals surface area contributed by atoms with Crippen molar-refractivity contribution in [2.24, 2.45) is 5.92 Å². The van der Waals surface area contributed by atoms with Crippen LogP contribution in [0.3, 0.4) is 0 Å². The van der Waals surface area contributed by atoms with Gasteiger partial charge in [0.25, 0.3) is 0 Å². The molecule has 236 valence electrons. The summed E-state index contributed by atoms with van der Waals surface area (Å²) in [7, 11) is -3.42. The predicted molar refractivity (Wildman–Crippen MR) is 180 cm³/mol. The van der Waals surface area contributed by atoms with Crippen molar-refractivity contribution < 1.29 is 17.6 Å². The Labute approximate surface area is 268 Å². The molecule has 1 saturated carbocycles. The Bertz CT molecular complexity index is 1690. The molecule has 1 aliphatic heterocycles. The highest BCUT2D eigenvalue weighted by Gasteiger charge is 2.49. The fourth-order valence-corrected chi connectivity index (χ4v) is 9.48. The lowest BCUT2D eigenvalue weighted by molar-refractivity contribution is 0.117. The van der Waals surface area contributed by atoms with Gasteiger partial charge in [0.1, 0.15) is 11.5 Å². The third kappa shape index (κ3) is 6.12. The van der Waals surface area contributed by atoms with Gasteiger partial charge in [-0.2, -0.15) is 0 Å². The molecule has 45 heavy (non-hydrogen) atoms. The van der Waals surface area contributed by atoms with E-state index in [9.17, 15) is 8.42 Å². The monoisotopic (exact) mass is 623 g/mol. The summed E-state index contributed by atoms with van der Waals surface area (Å²) in [6, 6.07) is 28.0. The van der Waals surface area contributed by atoms with Gasteiger partial charge in [-0.3, -0.25) is 0 Å². The minimum Gasteiger partial charge on any atom is -0.465 e. The zero-order valence-corrected chi connectivity index (χ0v) is 27.2. The van der Waals surface area contributed by atoms with Gasteiger partial charge >= 0.3 is 0 Å². The Kier molecular flexibility index (Phi) is 8.87. The molecule has 0 N–H and O–H groups in total. The number of benzene rings is 3. The molecule has 0 saturated heterocycles. The van der Waals surface area contributed by atoms with Crippen LogP contribution in [0, 0.1) is 5.92 Å². The molecule has 3 aliphatic rings. The first-order chi connectivity index (χ1) is 22.0. The number of hydrogen-bond donors (Lipinski definition) is 0. The van der Waals surface area contributed by atoms with Crippen LogP contribution < -0.4 is 4.90 Å². The van der Waals surface area contributed by atoms with Crippen molar-refractivity contribution in [2.45, 2.75) is 87.7 Å². The van der Waals surface area contributed by atoms with Crippen LogP contribution in [0.1, 0.15) is 97.1 Å². The maximum absolute atomic E-state index is 13.5. The fourth-order valence-electron chi connectivity index (χ4n) is 8.24. The Hall–Kier alpha value is -3.35. The minimum absolute atomic E-state index is 0.0838. The van der Waals surface area contributed by atoms with E-state index in [0.29, 0.717) is 42.4 Å². The highest BCUT2D eigenvalue weighted by molar-refractivity contribution is 7.91. The molecule has 1 aromatic heterocycles. The van der Waals surface area contributed by atoms with E-state index >= 15 is 0 Å². The van der Waals surface area contributed by atoms with Gasteiger partial charge in [-0.15, -0.1) is 0 Å². The molecule has 6 heteroatoms. The van der Waals surface area contributed by atoms with Gasteiger partial charge in [-0.1, -0.05) is 92.9 Å². The van der Waals surface area contributed by atoms with Gasteiger partial charge in [-0.05, 0) is 66.5 Å². The third-order valence-corrected chi connectivity index (χ3v) is 12.1. The number of hydrogen-bond acceptors (Lipinski definition) is 5. The Balaban J connectivity index is 1.20. The number of para-hydroxylation sites is 1. The normalized spacial score (nSPS) is 21.4. The number of ether oxygens (including phenoxy) is 1. The number of aryl methyl sites for hydroxylation is 1. The maximum Gasteiger partial charge on any atom is 0.180 e. The highest BCUT2D eigenvalue weighted by atomic mass is 32.2. The number of sulfone groups is 1. The van der Waals surface area contributed by atoms with E-state index in [1.807, 2.05) is 12.1 Å². The summed E-state index contributed by atoms with van der Waals surface area (Å²) in [5.41, 5.74) is 6.49. The van der Waals surface area contributed by atoms with Crippen LogP contribution in [0.4, 0.5) is 5.69 Å². The third-order valence-electron chi connectivity index (χ3n) is 10.4. The number of furan rings is 1. The summed E-state index contributed by atoms with van der Waals surface area (Å²) >= 11 is 0. The smallest absolute Gasteiger partial charge is 0.180 e. The van der Waals surface area contributed by atoms with Gasteiger partial charge in [0.2, 0.25) is 0 Å². The Morgan fingerprint density at radius 3 is 2.38 bits per heavy atom. The second-order valence-corrected chi connectivity index (χ2v) is 15.4. The first-order valence-corrected chi connectivity index (χ1v) is 18.6. The first-order valence-electron chi connectivity index (χ1n) is 16.9. The van der Waals surface area contributed by atoms with Crippen LogP contribution in [0.2, 0.25) is 0 Å². The van der Waals surface area contributed by atoms with E-state index in [-0.39, 0.29) is 11.8 Å². The zero-order valence-electron chi connectivity index (χ0n) is 26.4. The molecule has 3 aromatic carbocycles. The molecule has 3 atom stereocenters. The van der Waals surface area contributed by atoms with Gasteiger partial charge < -0.3 is 14.1 Å². The average Bonchev–Trinajstić information content (AvgIpc) is 3.61. The second-order valence-electron chi connectivity index (χ2n) is 13.3. The van der Waals surface area contributed by atoms with Gasteiger partial charge in [0, 0.05) is 42.7 Å². The van der Waals surface area contributed by atoms with E-state index < -0.39 is 9.84 Å². The molecular formula is C39H45NO4S. The van der Waals surface area contributed by atoms with Crippen LogP contribution in [-0.2, 0) is 34.0 Å². The van der Waals surface area contributed by atoms with Crippen molar-refractivity contribution in [3.63, 3.8) is 0 Å². The van der Waals surface area contributed by atoms with Crippen molar-refractivity contribution in [1.82, 2.24) is 0 Å². The summed E-state index contributed by atoms with van der Waals surface area (Å²) in [6.07, 6.45) is 8.89. The van der Waals surface area contributed by atoms with E-state index in [1.165, 1.54) is 65.8 Å². The molecule has 2 heterocycles. The SMILES string of the molecule is CC1Cc2c(CCCOCc3ccccc3)oc(C3CCCCC3)c2[C@@H]2[C@H]1c1ccccc1N2CCS(=O)(=O)c1ccccc1. The van der Waals surface area contributed by atoms with E-state index in [0.717, 1.165) is 25.0 Å². The molecule has 0 spiro atoms. The number of fused-ring (bicyclic) bond motifs is 5. The van der Waals surface area contributed by atoms with Crippen molar-refractivity contribution in [1.29, 1.82) is 0 Å². The van der Waals surface area contributed by atoms with Gasteiger partial charge in [-0.25, -0.2) is 8.42 Å². The number of rotatable bonds is 11.